The average Bonchev–Trinajstić information content (AvgIpc) is 2.60. The van der Waals surface area contributed by atoms with Gasteiger partial charge in [0, 0.05) is 9.47 Å². The minimum absolute atomic E-state index is 0.134. The third kappa shape index (κ3) is 17.2. The van der Waals surface area contributed by atoms with Crippen molar-refractivity contribution in [2.24, 2.45) is 0 Å². The SMILES string of the molecule is CCC=CC[C@@H](C=CC=CCC=CCC=CCC=CCCC)OP. The van der Waals surface area contributed by atoms with Crippen molar-refractivity contribution in [2.75, 3.05) is 0 Å². The second kappa shape index (κ2) is 19.9. The largest absolute Gasteiger partial charge is 0.358 e. The van der Waals surface area contributed by atoms with Gasteiger partial charge in [0.1, 0.15) is 0 Å². The average molecular weight is 346 g/mol. The molecule has 0 aliphatic rings. The van der Waals surface area contributed by atoms with Crippen molar-refractivity contribution in [1.29, 1.82) is 0 Å². The van der Waals surface area contributed by atoms with Gasteiger partial charge in [0.15, 0.2) is 0 Å². The standard InChI is InChI=1S/C22H35OP/c1-3-5-7-8-9-10-11-12-13-14-15-16-17-19-21-22(23-24)20-18-6-4-2/h6-8,10-11,13-14,16-19,21-22H,3-5,9,12,15,20,24H2,1-2H3/t22-/m0/s1. The first-order valence-corrected chi connectivity index (χ1v) is 9.61. The summed E-state index contributed by atoms with van der Waals surface area (Å²) in [6, 6.07) is 0. The number of unbranched alkanes of at least 4 members (excludes halogenated alkanes) is 1. The van der Waals surface area contributed by atoms with Gasteiger partial charge < -0.3 is 4.52 Å². The molecule has 0 aromatic heterocycles. The van der Waals surface area contributed by atoms with Crippen LogP contribution in [0.15, 0.2) is 72.9 Å². The Kier molecular flexibility index (Phi) is 18.9. The van der Waals surface area contributed by atoms with E-state index in [4.69, 9.17) is 4.52 Å². The molecule has 0 amide bonds. The Morgan fingerprint density at radius 2 is 1.38 bits per heavy atom. The minimum Gasteiger partial charge on any atom is -0.358 e. The first-order chi connectivity index (χ1) is 11.8. The summed E-state index contributed by atoms with van der Waals surface area (Å²) in [5.74, 6) is 0. The van der Waals surface area contributed by atoms with Crippen LogP contribution < -0.4 is 0 Å². The van der Waals surface area contributed by atoms with Crippen LogP contribution in [-0.2, 0) is 4.52 Å². The van der Waals surface area contributed by atoms with Gasteiger partial charge in [-0.25, -0.2) is 0 Å². The summed E-state index contributed by atoms with van der Waals surface area (Å²) in [5, 5.41) is 0. The van der Waals surface area contributed by atoms with E-state index < -0.39 is 0 Å². The van der Waals surface area contributed by atoms with Crippen molar-refractivity contribution in [3.05, 3.63) is 72.9 Å². The Morgan fingerprint density at radius 1 is 0.750 bits per heavy atom. The minimum atomic E-state index is 0.134. The number of hydrogen-bond acceptors (Lipinski definition) is 1. The molecule has 2 heteroatoms. The second-order valence-corrected chi connectivity index (χ2v) is 5.79. The molecule has 1 nitrogen and oxygen atoms in total. The molecule has 0 saturated heterocycles. The Hall–Kier alpha value is -1.17. The van der Waals surface area contributed by atoms with E-state index in [1.807, 2.05) is 0 Å². The van der Waals surface area contributed by atoms with Gasteiger partial charge in [0.25, 0.3) is 0 Å². The zero-order chi connectivity index (χ0) is 17.7. The lowest BCUT2D eigenvalue weighted by molar-refractivity contribution is 0.298. The van der Waals surface area contributed by atoms with Crippen LogP contribution >= 0.6 is 9.47 Å². The Balaban J connectivity index is 3.77. The van der Waals surface area contributed by atoms with Crippen LogP contribution in [0, 0.1) is 0 Å². The third-order valence-corrected chi connectivity index (χ3v) is 3.64. The molecule has 134 valence electrons. The lowest BCUT2D eigenvalue weighted by Gasteiger charge is -2.06. The molecule has 0 aliphatic heterocycles. The topological polar surface area (TPSA) is 9.23 Å². The highest BCUT2D eigenvalue weighted by Crippen LogP contribution is 2.06. The van der Waals surface area contributed by atoms with Gasteiger partial charge in [0.2, 0.25) is 0 Å². The van der Waals surface area contributed by atoms with Crippen molar-refractivity contribution < 1.29 is 4.52 Å². The van der Waals surface area contributed by atoms with Crippen LogP contribution in [0.3, 0.4) is 0 Å². The van der Waals surface area contributed by atoms with Gasteiger partial charge in [-0.3, -0.25) is 0 Å². The smallest absolute Gasteiger partial charge is 0.0828 e. The van der Waals surface area contributed by atoms with Crippen molar-refractivity contribution in [3.63, 3.8) is 0 Å². The molecule has 2 atom stereocenters. The van der Waals surface area contributed by atoms with E-state index >= 15 is 0 Å². The maximum atomic E-state index is 5.33. The predicted molar refractivity (Wildman–Crippen MR) is 113 cm³/mol. The molecular formula is C22H35OP. The monoisotopic (exact) mass is 346 g/mol. The van der Waals surface area contributed by atoms with E-state index in [2.05, 4.69) is 96.2 Å². The van der Waals surface area contributed by atoms with Crippen molar-refractivity contribution in [2.45, 2.75) is 64.9 Å². The van der Waals surface area contributed by atoms with Crippen LogP contribution in [0.2, 0.25) is 0 Å². The fourth-order valence-corrected chi connectivity index (χ4v) is 2.12. The molecule has 0 spiro atoms. The highest BCUT2D eigenvalue weighted by molar-refractivity contribution is 7.09. The molecule has 0 aromatic rings. The first-order valence-electron chi connectivity index (χ1n) is 9.13. The molecule has 0 N–H and O–H groups in total. The van der Waals surface area contributed by atoms with Gasteiger partial charge in [-0.15, -0.1) is 0 Å². The van der Waals surface area contributed by atoms with Crippen LogP contribution in [0.25, 0.3) is 0 Å². The van der Waals surface area contributed by atoms with Gasteiger partial charge in [0.05, 0.1) is 6.10 Å². The zero-order valence-corrected chi connectivity index (χ0v) is 16.6. The molecule has 1 unspecified atom stereocenters. The van der Waals surface area contributed by atoms with Gasteiger partial charge in [-0.2, -0.15) is 0 Å². The lowest BCUT2D eigenvalue weighted by atomic mass is 10.2. The Morgan fingerprint density at radius 3 is 1.96 bits per heavy atom. The molecule has 0 aliphatic carbocycles. The fraction of sp³-hybridized carbons (Fsp3) is 0.455. The van der Waals surface area contributed by atoms with Crippen molar-refractivity contribution in [3.8, 4) is 0 Å². The molecule has 0 fully saturated rings. The maximum Gasteiger partial charge on any atom is 0.0828 e. The van der Waals surface area contributed by atoms with Crippen LogP contribution in [-0.4, -0.2) is 6.10 Å². The van der Waals surface area contributed by atoms with Crippen molar-refractivity contribution in [1.82, 2.24) is 0 Å². The predicted octanol–water partition coefficient (Wildman–Crippen LogP) is 7.27. The molecule has 24 heavy (non-hydrogen) atoms. The van der Waals surface area contributed by atoms with Crippen LogP contribution in [0.5, 0.6) is 0 Å². The molecule has 0 saturated carbocycles. The van der Waals surface area contributed by atoms with E-state index in [0.717, 1.165) is 32.1 Å². The normalized spacial score (nSPS) is 14.6. The maximum absolute atomic E-state index is 5.33. The van der Waals surface area contributed by atoms with Gasteiger partial charge >= 0.3 is 0 Å². The Bertz CT molecular complexity index is 427. The van der Waals surface area contributed by atoms with E-state index in [0.29, 0.717) is 0 Å². The Labute approximate surface area is 152 Å². The summed E-state index contributed by atoms with van der Waals surface area (Å²) in [4.78, 5) is 0. The molecule has 0 rings (SSSR count). The van der Waals surface area contributed by atoms with E-state index in [1.165, 1.54) is 12.8 Å². The van der Waals surface area contributed by atoms with Crippen LogP contribution in [0.1, 0.15) is 58.8 Å². The molecule has 0 radical (unpaired) electrons. The first kappa shape index (κ1) is 22.8. The summed E-state index contributed by atoms with van der Waals surface area (Å²) in [7, 11) is 2.34. The number of hydrogen-bond donors (Lipinski definition) is 0. The van der Waals surface area contributed by atoms with Crippen molar-refractivity contribution >= 4 is 9.47 Å². The summed E-state index contributed by atoms with van der Waals surface area (Å²) >= 11 is 0. The summed E-state index contributed by atoms with van der Waals surface area (Å²) in [6.07, 6.45) is 33.7. The van der Waals surface area contributed by atoms with Gasteiger partial charge in [-0.05, 0) is 38.5 Å². The molecular weight excluding hydrogens is 311 g/mol. The summed E-state index contributed by atoms with van der Waals surface area (Å²) in [6.45, 7) is 4.34. The summed E-state index contributed by atoms with van der Waals surface area (Å²) in [5.41, 5.74) is 0. The summed E-state index contributed by atoms with van der Waals surface area (Å²) < 4.78 is 5.33. The zero-order valence-electron chi connectivity index (χ0n) is 15.4. The number of allylic oxidation sites excluding steroid dienone is 10. The van der Waals surface area contributed by atoms with E-state index in [9.17, 15) is 0 Å². The highest BCUT2D eigenvalue weighted by atomic mass is 31.0. The van der Waals surface area contributed by atoms with Crippen LogP contribution in [0.4, 0.5) is 0 Å². The fourth-order valence-electron chi connectivity index (χ4n) is 1.92. The second-order valence-electron chi connectivity index (χ2n) is 5.51. The van der Waals surface area contributed by atoms with E-state index in [1.54, 1.807) is 0 Å². The van der Waals surface area contributed by atoms with E-state index in [-0.39, 0.29) is 6.10 Å². The third-order valence-electron chi connectivity index (χ3n) is 3.29. The quantitative estimate of drug-likeness (QED) is 0.182. The highest BCUT2D eigenvalue weighted by Gasteiger charge is 1.97. The molecule has 0 bridgehead atoms. The number of rotatable bonds is 14. The molecule has 0 aromatic carbocycles. The van der Waals surface area contributed by atoms with Gasteiger partial charge in [-0.1, -0.05) is 93.2 Å². The molecule has 0 heterocycles. The lowest BCUT2D eigenvalue weighted by Crippen LogP contribution is -2.00.